The highest BCUT2D eigenvalue weighted by molar-refractivity contribution is 8.03. The number of imide groups is 1. The lowest BCUT2D eigenvalue weighted by Crippen LogP contribution is -2.30. The molecule has 0 saturated heterocycles. The van der Waals surface area contributed by atoms with Crippen LogP contribution in [0.3, 0.4) is 0 Å². The van der Waals surface area contributed by atoms with E-state index in [9.17, 15) is 9.59 Å². The number of hydrogen-bond donors (Lipinski definition) is 0. The van der Waals surface area contributed by atoms with E-state index in [-0.39, 0.29) is 11.8 Å². The van der Waals surface area contributed by atoms with Crippen molar-refractivity contribution in [2.45, 2.75) is 76.4 Å². The number of carbonyl (C=O) groups is 2. The van der Waals surface area contributed by atoms with Gasteiger partial charge in [-0.3, -0.25) is 14.5 Å². The Labute approximate surface area is 242 Å². The minimum atomic E-state index is -0.118. The maximum absolute atomic E-state index is 13.0. The molecule has 0 N–H and O–H groups in total. The van der Waals surface area contributed by atoms with Crippen molar-refractivity contribution in [1.82, 2.24) is 4.90 Å². The van der Waals surface area contributed by atoms with E-state index < -0.39 is 0 Å². The van der Waals surface area contributed by atoms with Crippen molar-refractivity contribution < 1.29 is 9.59 Å². The van der Waals surface area contributed by atoms with E-state index in [1.165, 1.54) is 67.9 Å². The molecule has 0 spiro atoms. The molecule has 0 bridgehead atoms. The van der Waals surface area contributed by atoms with Crippen LogP contribution in [-0.4, -0.2) is 23.3 Å². The molecule has 3 nitrogen and oxygen atoms in total. The average Bonchev–Trinajstić information content (AvgIpc) is 3.73. The van der Waals surface area contributed by atoms with Crippen molar-refractivity contribution in [3.8, 4) is 19.5 Å². The molecule has 200 valence electrons. The predicted molar refractivity (Wildman–Crippen MR) is 167 cm³/mol. The van der Waals surface area contributed by atoms with Gasteiger partial charge in [-0.25, -0.2) is 0 Å². The quantitative estimate of drug-likeness (QED) is 0.108. The molecule has 5 heterocycles. The zero-order valence-electron chi connectivity index (χ0n) is 22.0. The Hall–Kier alpha value is -1.93. The summed E-state index contributed by atoms with van der Waals surface area (Å²) in [4.78, 5) is 35.7. The molecule has 38 heavy (non-hydrogen) atoms. The first kappa shape index (κ1) is 27.6. The van der Waals surface area contributed by atoms with Gasteiger partial charge in [0.15, 0.2) is 0 Å². The van der Waals surface area contributed by atoms with Gasteiger partial charge in [0.25, 0.3) is 11.8 Å². The molecule has 5 rings (SSSR count). The first-order valence-electron chi connectivity index (χ1n) is 13.8. The number of unbranched alkanes of at least 4 members (excludes halogenated alkanes) is 6. The van der Waals surface area contributed by atoms with Gasteiger partial charge in [0.05, 0.1) is 5.56 Å². The number of allylic oxidation sites excluding steroid dienone is 3. The highest BCUT2D eigenvalue weighted by Crippen LogP contribution is 2.49. The van der Waals surface area contributed by atoms with Crippen LogP contribution in [0.15, 0.2) is 54.0 Å². The van der Waals surface area contributed by atoms with Gasteiger partial charge in [-0.2, -0.15) is 0 Å². The van der Waals surface area contributed by atoms with E-state index in [2.05, 4.69) is 43.8 Å². The van der Waals surface area contributed by atoms with Crippen LogP contribution in [0.5, 0.6) is 0 Å². The summed E-state index contributed by atoms with van der Waals surface area (Å²) >= 11 is 7.13. The minimum absolute atomic E-state index is 0.110. The first-order chi connectivity index (χ1) is 18.6. The Bertz CT molecular complexity index is 1290. The minimum Gasteiger partial charge on any atom is -0.274 e. The largest absolute Gasteiger partial charge is 0.274 e. The van der Waals surface area contributed by atoms with Gasteiger partial charge in [-0.15, -0.1) is 52.4 Å². The fourth-order valence-electron chi connectivity index (χ4n) is 4.98. The SMILES string of the molecule is C=CCCCC1=CCC(c2ccc(-c3ccc(-c4cc5c(s4)C(=O)N(CCCCCCCC)C5=O)s3)s2)S1. The summed E-state index contributed by atoms with van der Waals surface area (Å²) in [5, 5.41) is 0.531. The molecule has 2 aliphatic rings. The van der Waals surface area contributed by atoms with Crippen LogP contribution in [0.25, 0.3) is 19.5 Å². The number of thioether (sulfide) groups is 1. The maximum atomic E-state index is 13.0. The molecule has 0 aromatic carbocycles. The van der Waals surface area contributed by atoms with Crippen LogP contribution < -0.4 is 0 Å². The average molecular weight is 582 g/mol. The molecule has 2 amide bonds. The summed E-state index contributed by atoms with van der Waals surface area (Å²) in [7, 11) is 0. The second-order valence-electron chi connectivity index (χ2n) is 9.94. The summed E-state index contributed by atoms with van der Waals surface area (Å²) in [5.74, 6) is -0.228. The molecule has 2 aliphatic heterocycles. The summed E-state index contributed by atoms with van der Waals surface area (Å²) in [6.45, 7) is 6.57. The molecule has 7 heteroatoms. The third-order valence-corrected chi connectivity index (χ3v) is 12.5. The van der Waals surface area contributed by atoms with Gasteiger partial charge in [-0.05, 0) is 67.3 Å². The standard InChI is InChI=1S/C31H35NO2S4/c1-3-5-7-8-9-11-19-32-30(33)22-20-28(38-29(22)31(32)34)27-18-17-26(37-27)25-16-15-24(36-25)23-14-13-21(35-23)12-10-6-4-2/h4,13,15-18,20,23H,2-3,5-12,14,19H2,1H3. The molecule has 0 saturated carbocycles. The number of carbonyl (C=O) groups excluding carboxylic acids is 2. The summed E-state index contributed by atoms with van der Waals surface area (Å²) in [5.41, 5.74) is 0.587. The van der Waals surface area contributed by atoms with Gasteiger partial charge in [0.1, 0.15) is 4.88 Å². The van der Waals surface area contributed by atoms with E-state index in [0.29, 0.717) is 22.2 Å². The maximum Gasteiger partial charge on any atom is 0.271 e. The molecule has 0 aliphatic carbocycles. The monoisotopic (exact) mass is 581 g/mol. The lowest BCUT2D eigenvalue weighted by molar-refractivity contribution is 0.0652. The molecule has 3 aromatic heterocycles. The number of hydrogen-bond acceptors (Lipinski definition) is 6. The Balaban J connectivity index is 1.19. The van der Waals surface area contributed by atoms with Gasteiger partial charge in [0, 0.05) is 36.2 Å². The molecular weight excluding hydrogens is 547 g/mol. The Morgan fingerprint density at radius 3 is 2.42 bits per heavy atom. The van der Waals surface area contributed by atoms with Crippen LogP contribution in [0.4, 0.5) is 0 Å². The van der Waals surface area contributed by atoms with Crippen molar-refractivity contribution >= 4 is 57.6 Å². The molecule has 0 radical (unpaired) electrons. The van der Waals surface area contributed by atoms with E-state index in [1.807, 2.05) is 35.2 Å². The number of thiophene rings is 3. The Morgan fingerprint density at radius 1 is 0.895 bits per heavy atom. The Morgan fingerprint density at radius 2 is 1.63 bits per heavy atom. The van der Waals surface area contributed by atoms with Crippen molar-refractivity contribution in [2.24, 2.45) is 0 Å². The second-order valence-corrected chi connectivity index (χ2v) is 14.5. The highest BCUT2D eigenvalue weighted by Gasteiger charge is 2.37. The predicted octanol–water partition coefficient (Wildman–Crippen LogP) is 10.6. The van der Waals surface area contributed by atoms with Gasteiger partial charge in [0.2, 0.25) is 0 Å². The number of fused-ring (bicyclic) bond motifs is 1. The first-order valence-corrected chi connectivity index (χ1v) is 17.1. The third kappa shape index (κ3) is 6.11. The third-order valence-electron chi connectivity index (χ3n) is 7.10. The lowest BCUT2D eigenvalue weighted by Gasteiger charge is -2.13. The fraction of sp³-hybridized carbons (Fsp3) is 0.419. The molecule has 3 aromatic rings. The lowest BCUT2D eigenvalue weighted by atomic mass is 10.1. The summed E-state index contributed by atoms with van der Waals surface area (Å²) in [6.07, 6.45) is 15.8. The number of rotatable bonds is 14. The van der Waals surface area contributed by atoms with E-state index in [4.69, 9.17) is 0 Å². The fourth-order valence-corrected chi connectivity index (χ4v) is 9.75. The van der Waals surface area contributed by atoms with Crippen LogP contribution in [0.2, 0.25) is 0 Å². The smallest absolute Gasteiger partial charge is 0.271 e. The number of nitrogens with zero attached hydrogens (tertiary/aromatic N) is 1. The topological polar surface area (TPSA) is 37.4 Å². The molecule has 1 atom stereocenters. The number of amides is 2. The van der Waals surface area contributed by atoms with Crippen LogP contribution in [-0.2, 0) is 0 Å². The highest BCUT2D eigenvalue weighted by atomic mass is 32.2. The zero-order chi connectivity index (χ0) is 26.5. The van der Waals surface area contributed by atoms with Gasteiger partial charge >= 0.3 is 0 Å². The molecule has 0 fully saturated rings. The van der Waals surface area contributed by atoms with E-state index >= 15 is 0 Å². The summed E-state index contributed by atoms with van der Waals surface area (Å²) in [6, 6.07) is 10.8. The second kappa shape index (κ2) is 12.9. The van der Waals surface area contributed by atoms with Crippen LogP contribution in [0.1, 0.15) is 101 Å². The Kier molecular flexibility index (Phi) is 9.41. The zero-order valence-corrected chi connectivity index (χ0v) is 25.3. The normalized spacial score (nSPS) is 16.9. The molecule has 1 unspecified atom stereocenters. The summed E-state index contributed by atoms with van der Waals surface area (Å²) < 4.78 is 0. The van der Waals surface area contributed by atoms with E-state index in [0.717, 1.165) is 41.9 Å². The van der Waals surface area contributed by atoms with Gasteiger partial charge < -0.3 is 0 Å². The van der Waals surface area contributed by atoms with E-state index in [1.54, 1.807) is 11.3 Å². The van der Waals surface area contributed by atoms with Crippen molar-refractivity contribution in [1.29, 1.82) is 0 Å². The van der Waals surface area contributed by atoms with Crippen LogP contribution >= 0.6 is 45.8 Å². The molecular formula is C31H35NO2S4. The van der Waals surface area contributed by atoms with Crippen molar-refractivity contribution in [3.05, 3.63) is 69.3 Å². The van der Waals surface area contributed by atoms with Crippen molar-refractivity contribution in [2.75, 3.05) is 6.54 Å². The van der Waals surface area contributed by atoms with Gasteiger partial charge in [-0.1, -0.05) is 51.2 Å². The van der Waals surface area contributed by atoms with Crippen molar-refractivity contribution in [3.63, 3.8) is 0 Å². The van der Waals surface area contributed by atoms with Crippen LogP contribution in [0, 0.1) is 0 Å².